The Hall–Kier alpha value is -3.87. The summed E-state index contributed by atoms with van der Waals surface area (Å²) < 4.78 is 50.9. The molecule has 210 valence electrons. The second-order valence-corrected chi connectivity index (χ2v) is 10.8. The predicted molar refractivity (Wildman–Crippen MR) is 142 cm³/mol. The average Bonchev–Trinajstić information content (AvgIpc) is 3.60. The number of benzene rings is 1. The third-order valence-electron chi connectivity index (χ3n) is 8.27. The Balaban J connectivity index is 1.48. The molecule has 0 radical (unpaired) electrons. The number of Topliss-reactive ketones (excluding diaryl/α,β-unsaturated/α-hetero) is 1. The van der Waals surface area contributed by atoms with Crippen molar-refractivity contribution in [2.75, 3.05) is 20.2 Å². The fraction of sp³-hybridized carbons (Fsp3) is 0.467. The molecule has 1 saturated carbocycles. The van der Waals surface area contributed by atoms with E-state index in [0.717, 1.165) is 31.9 Å². The van der Waals surface area contributed by atoms with Crippen LogP contribution in [-0.2, 0) is 24.4 Å². The highest BCUT2D eigenvalue weighted by Gasteiger charge is 2.39. The van der Waals surface area contributed by atoms with Crippen molar-refractivity contribution >= 4 is 22.7 Å². The summed E-state index contributed by atoms with van der Waals surface area (Å²) in [7, 11) is 3.05. The van der Waals surface area contributed by atoms with Crippen LogP contribution in [0.15, 0.2) is 30.6 Å². The molecule has 2 fully saturated rings. The Labute approximate surface area is 230 Å². The summed E-state index contributed by atoms with van der Waals surface area (Å²) in [5.74, 6) is -0.219. The number of ketones is 1. The van der Waals surface area contributed by atoms with Crippen molar-refractivity contribution in [1.29, 1.82) is 5.26 Å². The van der Waals surface area contributed by atoms with Gasteiger partial charge in [0.25, 0.3) is 0 Å². The number of aromatic nitrogens is 2. The maximum absolute atomic E-state index is 14.7. The van der Waals surface area contributed by atoms with Gasteiger partial charge >= 0.3 is 6.18 Å². The van der Waals surface area contributed by atoms with Crippen molar-refractivity contribution in [2.45, 2.75) is 57.0 Å². The van der Waals surface area contributed by atoms with Gasteiger partial charge in [-0.25, -0.2) is 4.98 Å². The Morgan fingerprint density at radius 1 is 1.12 bits per heavy atom. The number of amides is 1. The molecule has 1 saturated heterocycles. The quantitative estimate of drug-likeness (QED) is 0.361. The normalized spacial score (nSPS) is 16.9. The van der Waals surface area contributed by atoms with Crippen molar-refractivity contribution in [3.05, 3.63) is 58.4 Å². The number of nitriles is 1. The van der Waals surface area contributed by atoms with Gasteiger partial charge in [-0.2, -0.15) is 18.4 Å². The molecule has 7 nitrogen and oxygen atoms in total. The van der Waals surface area contributed by atoms with E-state index in [1.165, 1.54) is 25.3 Å². The first-order chi connectivity index (χ1) is 19.1. The van der Waals surface area contributed by atoms with E-state index in [4.69, 9.17) is 4.74 Å². The molecular formula is C30H31F3N4O3. The zero-order valence-corrected chi connectivity index (χ0v) is 22.6. The maximum Gasteiger partial charge on any atom is 0.417 e. The van der Waals surface area contributed by atoms with Gasteiger partial charge in [-0.15, -0.1) is 0 Å². The number of piperidine rings is 1. The van der Waals surface area contributed by atoms with E-state index in [-0.39, 0.29) is 51.2 Å². The lowest BCUT2D eigenvalue weighted by molar-refractivity contribution is -0.137. The van der Waals surface area contributed by atoms with Gasteiger partial charge in [-0.1, -0.05) is 12.8 Å². The van der Waals surface area contributed by atoms with Crippen LogP contribution in [0.4, 0.5) is 13.2 Å². The molecule has 1 amide bonds. The van der Waals surface area contributed by atoms with Crippen LogP contribution < -0.4 is 4.74 Å². The van der Waals surface area contributed by atoms with Gasteiger partial charge in [0.1, 0.15) is 11.4 Å². The smallest absolute Gasteiger partial charge is 0.417 e. The first kappa shape index (κ1) is 27.7. The standard InChI is InChI=1S/C30H31F3N4O3/c1-36-17-24(19-7-9-37(10-8-19)29(39)20-5-3-4-6-20)26-27(30(31,32)33)22(16-35-28(26)36)14-25(38)21-11-18(15-34)12-23(13-21)40-2/h11-13,16-17,19-20H,3-10,14H2,1-2H3. The van der Waals surface area contributed by atoms with E-state index in [1.54, 1.807) is 17.8 Å². The monoisotopic (exact) mass is 552 g/mol. The first-order valence-electron chi connectivity index (χ1n) is 13.6. The summed E-state index contributed by atoms with van der Waals surface area (Å²) in [4.78, 5) is 32.3. The molecule has 0 bridgehead atoms. The number of ether oxygens (including phenoxy) is 1. The number of carbonyl (C=O) groups excluding carboxylic acids is 2. The molecule has 1 aliphatic heterocycles. The molecule has 3 heterocycles. The van der Waals surface area contributed by atoms with Crippen LogP contribution in [0, 0.1) is 17.2 Å². The predicted octanol–water partition coefficient (Wildman–Crippen LogP) is 5.79. The van der Waals surface area contributed by atoms with E-state index in [2.05, 4.69) is 4.98 Å². The van der Waals surface area contributed by atoms with E-state index in [0.29, 0.717) is 31.5 Å². The van der Waals surface area contributed by atoms with Gasteiger partial charge < -0.3 is 14.2 Å². The van der Waals surface area contributed by atoms with E-state index >= 15 is 0 Å². The van der Waals surface area contributed by atoms with Gasteiger partial charge in [-0.05, 0) is 60.9 Å². The highest BCUT2D eigenvalue weighted by Crippen LogP contribution is 2.43. The molecule has 1 aliphatic carbocycles. The molecule has 0 N–H and O–H groups in total. The topological polar surface area (TPSA) is 88.2 Å². The average molecular weight is 553 g/mol. The van der Waals surface area contributed by atoms with Gasteiger partial charge in [0, 0.05) is 55.8 Å². The molecule has 2 aliphatic rings. The number of pyridine rings is 1. The highest BCUT2D eigenvalue weighted by atomic mass is 19.4. The third kappa shape index (κ3) is 5.29. The maximum atomic E-state index is 14.7. The van der Waals surface area contributed by atoms with Crippen LogP contribution in [0.5, 0.6) is 5.75 Å². The molecule has 0 spiro atoms. The lowest BCUT2D eigenvalue weighted by atomic mass is 9.86. The summed E-state index contributed by atoms with van der Waals surface area (Å²) in [6, 6.07) is 6.15. The SMILES string of the molecule is COc1cc(C#N)cc(C(=O)Cc2cnc3c(c(C4CCN(C(=O)C5CCCC5)CC4)cn3C)c2C(F)(F)F)c1. The zero-order valence-electron chi connectivity index (χ0n) is 22.6. The van der Waals surface area contributed by atoms with Crippen molar-refractivity contribution in [3.63, 3.8) is 0 Å². The minimum atomic E-state index is -4.72. The second kappa shape index (κ2) is 11.0. The number of aryl methyl sites for hydroxylation is 1. The lowest BCUT2D eigenvalue weighted by Gasteiger charge is -2.33. The van der Waals surface area contributed by atoms with Crippen LogP contribution >= 0.6 is 0 Å². The first-order valence-corrected chi connectivity index (χ1v) is 13.6. The molecular weight excluding hydrogens is 521 g/mol. The minimum Gasteiger partial charge on any atom is -0.497 e. The minimum absolute atomic E-state index is 0.0178. The number of nitrogens with zero attached hydrogens (tertiary/aromatic N) is 4. The van der Waals surface area contributed by atoms with Gasteiger partial charge in [0.2, 0.25) is 5.91 Å². The van der Waals surface area contributed by atoms with Crippen molar-refractivity contribution in [2.24, 2.45) is 13.0 Å². The molecule has 3 aromatic rings. The fourth-order valence-corrected chi connectivity index (χ4v) is 6.24. The number of fused-ring (bicyclic) bond motifs is 1. The summed E-state index contributed by atoms with van der Waals surface area (Å²) in [6.07, 6.45) is 2.68. The number of carbonyl (C=O) groups is 2. The van der Waals surface area contributed by atoms with E-state index < -0.39 is 23.9 Å². The number of alkyl halides is 3. The molecule has 2 aromatic heterocycles. The highest BCUT2D eigenvalue weighted by molar-refractivity contribution is 5.99. The summed E-state index contributed by atoms with van der Waals surface area (Å²) in [6.45, 7) is 1.03. The Bertz CT molecular complexity index is 1490. The van der Waals surface area contributed by atoms with Gasteiger partial charge in [0.05, 0.1) is 24.3 Å². The van der Waals surface area contributed by atoms with Crippen LogP contribution in [0.3, 0.4) is 0 Å². The number of hydrogen-bond donors (Lipinski definition) is 0. The molecule has 5 rings (SSSR count). The Morgan fingerprint density at radius 2 is 1.82 bits per heavy atom. The van der Waals surface area contributed by atoms with Gasteiger partial charge in [-0.3, -0.25) is 9.59 Å². The van der Waals surface area contributed by atoms with Crippen LogP contribution in [0.25, 0.3) is 11.0 Å². The van der Waals surface area contributed by atoms with Crippen molar-refractivity contribution in [3.8, 4) is 11.8 Å². The van der Waals surface area contributed by atoms with Crippen LogP contribution in [0.1, 0.15) is 77.1 Å². The lowest BCUT2D eigenvalue weighted by Crippen LogP contribution is -2.40. The largest absolute Gasteiger partial charge is 0.497 e. The Kier molecular flexibility index (Phi) is 7.58. The number of rotatable bonds is 6. The summed E-state index contributed by atoms with van der Waals surface area (Å²) in [5, 5.41) is 9.30. The number of hydrogen-bond acceptors (Lipinski definition) is 5. The molecule has 0 atom stereocenters. The molecule has 1 aromatic carbocycles. The van der Waals surface area contributed by atoms with Crippen LogP contribution in [0.2, 0.25) is 0 Å². The molecule has 10 heteroatoms. The van der Waals surface area contributed by atoms with Crippen molar-refractivity contribution in [1.82, 2.24) is 14.5 Å². The van der Waals surface area contributed by atoms with Crippen LogP contribution in [-0.4, -0.2) is 46.3 Å². The summed E-state index contributed by atoms with van der Waals surface area (Å²) >= 11 is 0. The molecule has 0 unspecified atom stereocenters. The third-order valence-corrected chi connectivity index (χ3v) is 8.27. The second-order valence-electron chi connectivity index (χ2n) is 10.8. The zero-order chi connectivity index (χ0) is 28.6. The van der Waals surface area contributed by atoms with E-state index in [1.807, 2.05) is 11.0 Å². The van der Waals surface area contributed by atoms with Crippen molar-refractivity contribution < 1.29 is 27.5 Å². The Morgan fingerprint density at radius 3 is 2.45 bits per heavy atom. The van der Waals surface area contributed by atoms with Gasteiger partial charge in [0.15, 0.2) is 5.78 Å². The number of halogens is 3. The fourth-order valence-electron chi connectivity index (χ4n) is 6.24. The summed E-state index contributed by atoms with van der Waals surface area (Å²) in [5.41, 5.74) is -0.0436. The number of likely N-dealkylation sites (tertiary alicyclic amines) is 1. The molecule has 40 heavy (non-hydrogen) atoms. The van der Waals surface area contributed by atoms with E-state index in [9.17, 15) is 28.0 Å². The number of methoxy groups -OCH3 is 1.